The second-order valence-electron chi connectivity index (χ2n) is 5.34. The van der Waals surface area contributed by atoms with E-state index in [2.05, 4.69) is 32.9 Å². The predicted octanol–water partition coefficient (Wildman–Crippen LogP) is 2.06. The van der Waals surface area contributed by atoms with Crippen LogP contribution in [0, 0.1) is 0 Å². The lowest BCUT2D eigenvalue weighted by Crippen LogP contribution is -2.38. The van der Waals surface area contributed by atoms with Crippen LogP contribution in [0.15, 0.2) is 10.4 Å². The van der Waals surface area contributed by atoms with Gasteiger partial charge in [-0.3, -0.25) is 9.79 Å². The number of nitrogens with zero attached hydrogens (tertiary/aromatic N) is 3. The number of aryl methyl sites for hydroxylation is 1. The molecule has 1 aromatic heterocycles. The fraction of sp³-hybridized carbons (Fsp3) is 0.706. The minimum absolute atomic E-state index is 0.161. The Morgan fingerprint density at radius 1 is 1.25 bits per heavy atom. The first kappa shape index (κ1) is 20.4. The minimum atomic E-state index is 0.161. The maximum Gasteiger partial charge on any atom is 0.224 e. The smallest absolute Gasteiger partial charge is 0.224 e. The lowest BCUT2D eigenvalue weighted by Gasteiger charge is -2.18. The van der Waals surface area contributed by atoms with E-state index in [1.54, 1.807) is 11.3 Å². The highest BCUT2D eigenvalue weighted by Crippen LogP contribution is 2.10. The van der Waals surface area contributed by atoms with E-state index in [0.29, 0.717) is 13.0 Å². The van der Waals surface area contributed by atoms with Crippen molar-refractivity contribution in [1.82, 2.24) is 20.5 Å². The molecule has 0 saturated carbocycles. The number of amides is 1. The van der Waals surface area contributed by atoms with E-state index >= 15 is 0 Å². The molecule has 1 aromatic rings. The fourth-order valence-electron chi connectivity index (χ4n) is 2.27. The molecule has 0 radical (unpaired) electrons. The average molecular weight is 354 g/mol. The molecule has 0 bridgehead atoms. The summed E-state index contributed by atoms with van der Waals surface area (Å²) >= 11 is 1.72. The summed E-state index contributed by atoms with van der Waals surface area (Å²) in [5, 5.41) is 9.82. The summed E-state index contributed by atoms with van der Waals surface area (Å²) in [4.78, 5) is 22.9. The summed E-state index contributed by atoms with van der Waals surface area (Å²) < 4.78 is 0. The van der Waals surface area contributed by atoms with Gasteiger partial charge in [-0.25, -0.2) is 4.98 Å². The molecule has 0 fully saturated rings. The highest BCUT2D eigenvalue weighted by Gasteiger charge is 2.08. The van der Waals surface area contributed by atoms with Gasteiger partial charge in [-0.1, -0.05) is 6.92 Å². The largest absolute Gasteiger partial charge is 0.357 e. The van der Waals surface area contributed by atoms with Gasteiger partial charge in [0, 0.05) is 44.4 Å². The maximum atomic E-state index is 12.0. The molecule has 0 unspecified atom stereocenters. The van der Waals surface area contributed by atoms with Crippen LogP contribution in [0.3, 0.4) is 0 Å². The molecule has 0 aliphatic rings. The minimum Gasteiger partial charge on any atom is -0.357 e. The normalized spacial score (nSPS) is 11.4. The second kappa shape index (κ2) is 11.8. The van der Waals surface area contributed by atoms with E-state index in [1.807, 2.05) is 25.7 Å². The molecule has 0 aliphatic heterocycles. The number of nitrogens with one attached hydrogen (secondary N) is 2. The summed E-state index contributed by atoms with van der Waals surface area (Å²) in [6.45, 7) is 11.7. The van der Waals surface area contributed by atoms with Crippen LogP contribution in [0.5, 0.6) is 0 Å². The Balaban J connectivity index is 2.40. The first-order valence-corrected chi connectivity index (χ1v) is 9.75. The number of carbonyl (C=O) groups is 1. The number of aliphatic imine (C=N–C) groups is 1. The van der Waals surface area contributed by atoms with Gasteiger partial charge in [-0.05, 0) is 27.2 Å². The van der Waals surface area contributed by atoms with Gasteiger partial charge in [0.2, 0.25) is 5.91 Å². The molecule has 0 saturated heterocycles. The third-order valence-electron chi connectivity index (χ3n) is 3.63. The van der Waals surface area contributed by atoms with E-state index in [1.165, 1.54) is 5.01 Å². The zero-order chi connectivity index (χ0) is 17.8. The zero-order valence-corrected chi connectivity index (χ0v) is 16.2. The third-order valence-corrected chi connectivity index (χ3v) is 4.67. The molecule has 0 aliphatic carbocycles. The predicted molar refractivity (Wildman–Crippen MR) is 102 cm³/mol. The molecule has 136 valence electrons. The number of guanidine groups is 1. The van der Waals surface area contributed by atoms with E-state index in [0.717, 1.165) is 50.7 Å². The van der Waals surface area contributed by atoms with Crippen LogP contribution in [-0.4, -0.2) is 54.5 Å². The van der Waals surface area contributed by atoms with Gasteiger partial charge >= 0.3 is 0 Å². The van der Waals surface area contributed by atoms with Crippen LogP contribution in [-0.2, 0) is 17.6 Å². The Morgan fingerprint density at radius 2 is 2.00 bits per heavy atom. The summed E-state index contributed by atoms with van der Waals surface area (Å²) in [6.07, 6.45) is 2.31. The van der Waals surface area contributed by atoms with Crippen molar-refractivity contribution in [3.05, 3.63) is 16.1 Å². The molecule has 2 N–H and O–H groups in total. The standard InChI is InChI=1S/C17H31N5OS/c1-5-15-21-14(13-24-15)9-11-19-17(18-6-2)20-12-10-16(23)22(7-3)8-4/h13H,5-12H2,1-4H3,(H2,18,19,20). The Morgan fingerprint density at radius 3 is 2.58 bits per heavy atom. The molecule has 1 rings (SSSR count). The Bertz CT molecular complexity index is 511. The molecule has 1 amide bonds. The van der Waals surface area contributed by atoms with Crippen molar-refractivity contribution in [3.8, 4) is 0 Å². The van der Waals surface area contributed by atoms with Gasteiger partial charge < -0.3 is 15.5 Å². The maximum absolute atomic E-state index is 12.0. The molecule has 1 heterocycles. The molecular weight excluding hydrogens is 322 g/mol. The number of thiazole rings is 1. The van der Waals surface area contributed by atoms with Crippen molar-refractivity contribution in [1.29, 1.82) is 0 Å². The van der Waals surface area contributed by atoms with Crippen molar-refractivity contribution >= 4 is 23.2 Å². The second-order valence-corrected chi connectivity index (χ2v) is 6.28. The van der Waals surface area contributed by atoms with Gasteiger partial charge in [0.05, 0.1) is 17.2 Å². The monoisotopic (exact) mass is 353 g/mol. The lowest BCUT2D eigenvalue weighted by atomic mass is 10.3. The third kappa shape index (κ3) is 7.29. The first-order valence-electron chi connectivity index (χ1n) is 8.87. The van der Waals surface area contributed by atoms with Crippen LogP contribution in [0.1, 0.15) is 44.8 Å². The summed E-state index contributed by atoms with van der Waals surface area (Å²) in [5.41, 5.74) is 1.12. The molecule has 24 heavy (non-hydrogen) atoms. The van der Waals surface area contributed by atoms with Gasteiger partial charge in [0.1, 0.15) is 0 Å². The number of aromatic nitrogens is 1. The van der Waals surface area contributed by atoms with Crippen LogP contribution in [0.25, 0.3) is 0 Å². The van der Waals surface area contributed by atoms with Crippen molar-refractivity contribution < 1.29 is 4.79 Å². The van der Waals surface area contributed by atoms with Gasteiger partial charge in [0.25, 0.3) is 0 Å². The van der Waals surface area contributed by atoms with Crippen LogP contribution in [0.4, 0.5) is 0 Å². The molecular formula is C17H31N5OS. The number of hydrogen-bond donors (Lipinski definition) is 2. The summed E-state index contributed by atoms with van der Waals surface area (Å²) in [5.74, 6) is 0.921. The quantitative estimate of drug-likeness (QED) is 0.499. The van der Waals surface area contributed by atoms with Crippen LogP contribution >= 0.6 is 11.3 Å². The first-order chi connectivity index (χ1) is 11.6. The van der Waals surface area contributed by atoms with Gasteiger partial charge in [0.15, 0.2) is 5.96 Å². The average Bonchev–Trinajstić information content (AvgIpc) is 3.04. The van der Waals surface area contributed by atoms with Crippen molar-refractivity contribution in [2.45, 2.75) is 47.0 Å². The zero-order valence-electron chi connectivity index (χ0n) is 15.4. The molecule has 6 nitrogen and oxygen atoms in total. The number of rotatable bonds is 10. The van der Waals surface area contributed by atoms with Gasteiger partial charge in [-0.2, -0.15) is 0 Å². The SMILES string of the molecule is CCNC(=NCCC(=O)N(CC)CC)NCCc1csc(CC)n1. The topological polar surface area (TPSA) is 69.6 Å². The lowest BCUT2D eigenvalue weighted by molar-refractivity contribution is -0.130. The van der Waals surface area contributed by atoms with E-state index in [9.17, 15) is 4.79 Å². The molecule has 7 heteroatoms. The van der Waals surface area contributed by atoms with Crippen molar-refractivity contribution in [2.24, 2.45) is 4.99 Å². The van der Waals surface area contributed by atoms with E-state index in [-0.39, 0.29) is 5.91 Å². The number of hydrogen-bond acceptors (Lipinski definition) is 4. The Kier molecular flexibility index (Phi) is 10.1. The van der Waals surface area contributed by atoms with Crippen molar-refractivity contribution in [3.63, 3.8) is 0 Å². The Hall–Kier alpha value is -1.63. The molecule has 0 atom stereocenters. The van der Waals surface area contributed by atoms with Gasteiger partial charge in [-0.15, -0.1) is 11.3 Å². The van der Waals surface area contributed by atoms with Crippen molar-refractivity contribution in [2.75, 3.05) is 32.7 Å². The highest BCUT2D eigenvalue weighted by molar-refractivity contribution is 7.09. The fourth-order valence-corrected chi connectivity index (χ4v) is 3.05. The van der Waals surface area contributed by atoms with E-state index < -0.39 is 0 Å². The molecule has 0 spiro atoms. The van der Waals surface area contributed by atoms with Crippen LogP contribution in [0.2, 0.25) is 0 Å². The Labute approximate surface area is 149 Å². The van der Waals surface area contributed by atoms with E-state index in [4.69, 9.17) is 0 Å². The van der Waals surface area contributed by atoms with Crippen LogP contribution < -0.4 is 10.6 Å². The summed E-state index contributed by atoms with van der Waals surface area (Å²) in [7, 11) is 0. The number of carbonyl (C=O) groups excluding carboxylic acids is 1. The highest BCUT2D eigenvalue weighted by atomic mass is 32.1. The molecule has 0 aromatic carbocycles. The summed E-state index contributed by atoms with van der Waals surface area (Å²) in [6, 6.07) is 0.